The second kappa shape index (κ2) is 14.8. The molecular weight excluding hydrogens is 646 g/mol. The number of alkyl halides is 6. The first-order valence-corrected chi connectivity index (χ1v) is 15.5. The van der Waals surface area contributed by atoms with Gasteiger partial charge >= 0.3 is 18.3 Å². The van der Waals surface area contributed by atoms with E-state index in [1.807, 2.05) is 19.9 Å². The van der Waals surface area contributed by atoms with Crippen LogP contribution in [0.2, 0.25) is 0 Å². The number of nitrogens with zero attached hydrogens (tertiary/aromatic N) is 6. The summed E-state index contributed by atoms with van der Waals surface area (Å²) in [4.78, 5) is 25.0. The number of carboxylic acids is 1. The van der Waals surface area contributed by atoms with Crippen molar-refractivity contribution >= 4 is 24.1 Å². The summed E-state index contributed by atoms with van der Waals surface area (Å²) in [6.45, 7) is 4.79. The van der Waals surface area contributed by atoms with E-state index >= 15 is 0 Å². The third-order valence-electron chi connectivity index (χ3n) is 8.86. The van der Waals surface area contributed by atoms with Gasteiger partial charge in [-0.3, -0.25) is 9.59 Å². The Kier molecular flexibility index (Phi) is 11.3. The molecule has 262 valence electrons. The predicted molar refractivity (Wildman–Crippen MR) is 163 cm³/mol. The van der Waals surface area contributed by atoms with Crippen LogP contribution in [0.25, 0.3) is 0 Å². The molecule has 1 aromatic heterocycles. The van der Waals surface area contributed by atoms with Gasteiger partial charge in [0.1, 0.15) is 0 Å². The monoisotopic (exact) mass is 684 g/mol. The lowest BCUT2D eigenvalue weighted by Gasteiger charge is -2.36. The van der Waals surface area contributed by atoms with Crippen LogP contribution in [0, 0.1) is 25.7 Å². The lowest BCUT2D eigenvalue weighted by atomic mass is 9.81. The fourth-order valence-electron chi connectivity index (χ4n) is 6.85. The molecule has 16 heteroatoms. The molecule has 2 aliphatic rings. The van der Waals surface area contributed by atoms with E-state index in [0.29, 0.717) is 38.1 Å². The Bertz CT molecular complexity index is 1550. The third-order valence-corrected chi connectivity index (χ3v) is 8.86. The Hall–Kier alpha value is -4.37. The van der Waals surface area contributed by atoms with Crippen LogP contribution in [-0.4, -0.2) is 56.0 Å². The van der Waals surface area contributed by atoms with Crippen molar-refractivity contribution in [2.45, 2.75) is 77.3 Å². The van der Waals surface area contributed by atoms with E-state index in [9.17, 15) is 36.2 Å². The van der Waals surface area contributed by atoms with Crippen LogP contribution in [0.5, 0.6) is 0 Å². The number of carboxylic acid groups (broad SMARTS) is 2. The number of rotatable bonds is 7. The van der Waals surface area contributed by atoms with Crippen molar-refractivity contribution in [3.63, 3.8) is 0 Å². The molecule has 2 N–H and O–H groups in total. The van der Waals surface area contributed by atoms with Gasteiger partial charge in [0, 0.05) is 25.3 Å². The number of anilines is 2. The van der Waals surface area contributed by atoms with Crippen LogP contribution < -0.4 is 9.80 Å². The maximum atomic E-state index is 13.7. The summed E-state index contributed by atoms with van der Waals surface area (Å²) < 4.78 is 82.4. The Morgan fingerprint density at radius 2 is 1.58 bits per heavy atom. The maximum absolute atomic E-state index is 13.7. The highest BCUT2D eigenvalue weighted by molar-refractivity contribution is 5.70. The van der Waals surface area contributed by atoms with Gasteiger partial charge in [-0.1, -0.05) is 22.8 Å². The lowest BCUT2D eigenvalue weighted by molar-refractivity contribution is -0.144. The molecule has 2 heterocycles. The van der Waals surface area contributed by atoms with Gasteiger partial charge in [0.2, 0.25) is 0 Å². The number of aliphatic carboxylic acids is 1. The van der Waals surface area contributed by atoms with Gasteiger partial charge in [-0.15, -0.1) is 5.10 Å². The van der Waals surface area contributed by atoms with Crippen molar-refractivity contribution in [2.24, 2.45) is 18.9 Å². The minimum atomic E-state index is -4.97. The van der Waals surface area contributed by atoms with Crippen LogP contribution in [-0.2, 0) is 35.5 Å². The highest BCUT2D eigenvalue weighted by atomic mass is 19.4. The summed E-state index contributed by atoms with van der Waals surface area (Å²) in [5.74, 6) is -0.690. The molecule has 2 aromatic carbocycles. The van der Waals surface area contributed by atoms with E-state index < -0.39 is 35.5 Å². The van der Waals surface area contributed by atoms with Crippen molar-refractivity contribution in [2.75, 3.05) is 22.9 Å². The average Bonchev–Trinajstić information content (AvgIpc) is 3.34. The molecule has 0 radical (unpaired) electrons. The molecule has 1 aliphatic carbocycles. The number of carbonyl (C=O) groups is 2. The highest BCUT2D eigenvalue weighted by Gasteiger charge is 2.38. The van der Waals surface area contributed by atoms with Crippen LogP contribution in [0.4, 0.5) is 38.0 Å². The number of benzene rings is 2. The van der Waals surface area contributed by atoms with Crippen molar-refractivity contribution in [1.82, 2.24) is 20.2 Å². The summed E-state index contributed by atoms with van der Waals surface area (Å²) in [6.07, 6.45) is -5.87. The molecule has 10 nitrogen and oxygen atoms in total. The molecule has 1 aliphatic heterocycles. The second-order valence-electron chi connectivity index (χ2n) is 12.4. The average molecular weight is 685 g/mol. The van der Waals surface area contributed by atoms with E-state index in [2.05, 4.69) is 26.4 Å². The van der Waals surface area contributed by atoms with Crippen LogP contribution in [0.15, 0.2) is 30.3 Å². The van der Waals surface area contributed by atoms with Crippen molar-refractivity contribution in [3.8, 4) is 0 Å². The molecule has 48 heavy (non-hydrogen) atoms. The lowest BCUT2D eigenvalue weighted by Crippen LogP contribution is -2.34. The van der Waals surface area contributed by atoms with Gasteiger partial charge in [0.05, 0.1) is 30.1 Å². The SMILES string of the molecule is Cc1cc(C)c2c(c1)[C@@H](N(Cc1cc(C(F)(F)F)cc(C(F)(F)F)c1)c1nnn(C)n1)CCCN2C[C@H]1CC[C@H](C(=O)O)CC1.O=CO. The molecule has 1 fully saturated rings. The molecule has 3 aromatic rings. The summed E-state index contributed by atoms with van der Waals surface area (Å²) >= 11 is 0. The quantitative estimate of drug-likeness (QED) is 0.204. The van der Waals surface area contributed by atoms with Gasteiger partial charge in [0.25, 0.3) is 12.4 Å². The standard InChI is InChI=1S/C31H36F6N6O2.CH2O2/c1-18-11-19(2)27-25(12-18)26(5-4-10-42(27)16-20-6-8-22(9-7-20)28(44)45)43(29-38-40-41(3)39-29)17-21-13-23(30(32,33)34)15-24(14-21)31(35,36)37;2-1-3/h11-15,20,22,26H,4-10,16-17H2,1-3H3,(H,44,45);1H,(H,2,3)/t20-,22-,26-;/m0./s1. The van der Waals surface area contributed by atoms with Crippen LogP contribution in [0.3, 0.4) is 0 Å². The summed E-state index contributed by atoms with van der Waals surface area (Å²) in [6, 6.07) is 5.23. The van der Waals surface area contributed by atoms with E-state index in [1.54, 1.807) is 4.90 Å². The van der Waals surface area contributed by atoms with Crippen molar-refractivity contribution < 1.29 is 46.1 Å². The number of tetrazole rings is 1. The second-order valence-corrected chi connectivity index (χ2v) is 12.4. The molecule has 0 spiro atoms. The van der Waals surface area contributed by atoms with Gasteiger partial charge in [0.15, 0.2) is 0 Å². The molecular formula is C32H38F6N6O4. The minimum absolute atomic E-state index is 0.0963. The zero-order chi connectivity index (χ0) is 35.4. The first-order valence-electron chi connectivity index (χ1n) is 15.5. The number of aryl methyl sites for hydroxylation is 3. The molecule has 0 unspecified atom stereocenters. The smallest absolute Gasteiger partial charge is 0.416 e. The molecule has 0 amide bonds. The van der Waals surface area contributed by atoms with Gasteiger partial charge in [-0.25, -0.2) is 0 Å². The fourth-order valence-corrected chi connectivity index (χ4v) is 6.85. The molecule has 1 saturated carbocycles. The molecule has 0 bridgehead atoms. The van der Waals surface area contributed by atoms with E-state index in [-0.39, 0.29) is 36.5 Å². The van der Waals surface area contributed by atoms with Crippen molar-refractivity contribution in [3.05, 3.63) is 63.7 Å². The number of hydrogen-bond donors (Lipinski definition) is 2. The fraction of sp³-hybridized carbons (Fsp3) is 0.531. The Balaban J connectivity index is 0.00000167. The maximum Gasteiger partial charge on any atom is 0.416 e. The van der Waals surface area contributed by atoms with Gasteiger partial charge in [-0.2, -0.15) is 31.1 Å². The number of halogens is 6. The first-order chi connectivity index (χ1) is 22.5. The number of fused-ring (bicyclic) bond motifs is 1. The first kappa shape index (κ1) is 36.5. The van der Waals surface area contributed by atoms with Gasteiger partial charge in [-0.05, 0) is 98.4 Å². The summed E-state index contributed by atoms with van der Waals surface area (Å²) in [7, 11) is 1.54. The summed E-state index contributed by atoms with van der Waals surface area (Å²) in [5.41, 5.74) is 0.892. The highest BCUT2D eigenvalue weighted by Crippen LogP contribution is 2.43. The van der Waals surface area contributed by atoms with Crippen molar-refractivity contribution in [1.29, 1.82) is 0 Å². The van der Waals surface area contributed by atoms with E-state index in [1.165, 1.54) is 11.8 Å². The van der Waals surface area contributed by atoms with Crippen LogP contribution in [0.1, 0.15) is 77.9 Å². The Morgan fingerprint density at radius 3 is 2.10 bits per heavy atom. The van der Waals surface area contributed by atoms with Gasteiger partial charge < -0.3 is 20.0 Å². The third kappa shape index (κ3) is 8.75. The number of aromatic nitrogens is 4. The zero-order valence-corrected chi connectivity index (χ0v) is 26.7. The van der Waals surface area contributed by atoms with E-state index in [4.69, 9.17) is 9.90 Å². The summed E-state index contributed by atoms with van der Waals surface area (Å²) in [5, 5.41) is 28.7. The number of hydrogen-bond acceptors (Lipinski definition) is 7. The minimum Gasteiger partial charge on any atom is -0.483 e. The van der Waals surface area contributed by atoms with E-state index in [0.717, 1.165) is 53.9 Å². The molecule has 5 rings (SSSR count). The largest absolute Gasteiger partial charge is 0.483 e. The molecule has 1 atom stereocenters. The normalized spacial score (nSPS) is 19.9. The molecule has 0 saturated heterocycles. The Morgan fingerprint density at radius 1 is 0.979 bits per heavy atom. The Labute approximate surface area is 273 Å². The zero-order valence-electron chi connectivity index (χ0n) is 26.7. The van der Waals surface area contributed by atoms with Crippen LogP contribution >= 0.6 is 0 Å². The topological polar surface area (TPSA) is 125 Å². The predicted octanol–water partition coefficient (Wildman–Crippen LogP) is 6.80.